The molecule has 0 saturated carbocycles. The number of anilines is 6. The lowest BCUT2D eigenvalue weighted by atomic mass is 9.84. The minimum atomic E-state index is 0.557. The van der Waals surface area contributed by atoms with Gasteiger partial charge in [0.2, 0.25) is 0 Å². The SMILES string of the molecule is CC(C)Cc1ccc2c(-c3ccc(N(c4ccccc4)c4ccccc4)cc3)c3ccccc3c(-c3ccc(N(c4ccccc4)c4ccccc4)cc3)c2c1. The summed E-state index contributed by atoms with van der Waals surface area (Å²) in [6.45, 7) is 4.60. The van der Waals surface area contributed by atoms with Crippen LogP contribution in [-0.2, 0) is 6.42 Å². The summed E-state index contributed by atoms with van der Waals surface area (Å²) in [7, 11) is 0. The highest BCUT2D eigenvalue weighted by atomic mass is 15.1. The highest BCUT2D eigenvalue weighted by Crippen LogP contribution is 2.46. The number of nitrogens with zero attached hydrogens (tertiary/aromatic N) is 2. The minimum Gasteiger partial charge on any atom is -0.311 e. The lowest BCUT2D eigenvalue weighted by Crippen LogP contribution is -2.09. The van der Waals surface area contributed by atoms with Gasteiger partial charge in [-0.15, -0.1) is 0 Å². The van der Waals surface area contributed by atoms with Gasteiger partial charge in [0, 0.05) is 34.1 Å². The summed E-state index contributed by atoms with van der Waals surface area (Å²) < 4.78 is 0. The molecule has 0 bridgehead atoms. The van der Waals surface area contributed by atoms with Crippen LogP contribution in [0.2, 0.25) is 0 Å². The van der Waals surface area contributed by atoms with Gasteiger partial charge in [-0.2, -0.15) is 0 Å². The fourth-order valence-electron chi connectivity index (χ4n) is 8.20. The van der Waals surface area contributed by atoms with Crippen molar-refractivity contribution in [2.75, 3.05) is 9.80 Å². The summed E-state index contributed by atoms with van der Waals surface area (Å²) in [5.74, 6) is 0.557. The molecule has 0 fully saturated rings. The molecule has 0 aliphatic heterocycles. The Bertz CT molecular complexity index is 2630. The van der Waals surface area contributed by atoms with Crippen LogP contribution in [0.4, 0.5) is 34.1 Å². The van der Waals surface area contributed by atoms with E-state index in [1.807, 2.05) is 0 Å². The fourth-order valence-corrected chi connectivity index (χ4v) is 8.20. The summed E-state index contributed by atoms with van der Waals surface area (Å²) in [5.41, 5.74) is 13.1. The third-order valence-corrected chi connectivity index (χ3v) is 10.6. The summed E-state index contributed by atoms with van der Waals surface area (Å²) in [4.78, 5) is 4.64. The highest BCUT2D eigenvalue weighted by Gasteiger charge is 2.20. The number of para-hydroxylation sites is 4. The van der Waals surface area contributed by atoms with Crippen molar-refractivity contribution in [3.05, 3.63) is 218 Å². The van der Waals surface area contributed by atoms with E-state index in [1.54, 1.807) is 0 Å². The zero-order valence-corrected chi connectivity index (χ0v) is 31.9. The summed E-state index contributed by atoms with van der Waals surface area (Å²) in [6, 6.07) is 76.9. The van der Waals surface area contributed by atoms with E-state index in [0.717, 1.165) is 40.5 Å². The van der Waals surface area contributed by atoms with E-state index in [2.05, 4.69) is 236 Å². The summed E-state index contributed by atoms with van der Waals surface area (Å²) in [6.07, 6.45) is 1.03. The molecule has 0 heterocycles. The van der Waals surface area contributed by atoms with E-state index in [1.165, 1.54) is 49.4 Å². The van der Waals surface area contributed by atoms with Gasteiger partial charge >= 0.3 is 0 Å². The van der Waals surface area contributed by atoms with Crippen molar-refractivity contribution in [1.29, 1.82) is 0 Å². The van der Waals surface area contributed by atoms with Gasteiger partial charge in [-0.1, -0.05) is 153 Å². The summed E-state index contributed by atoms with van der Waals surface area (Å²) >= 11 is 0. The average molecular weight is 721 g/mol. The van der Waals surface area contributed by atoms with Crippen LogP contribution >= 0.6 is 0 Å². The molecule has 56 heavy (non-hydrogen) atoms. The van der Waals surface area contributed by atoms with Crippen LogP contribution in [0.25, 0.3) is 43.8 Å². The first-order chi connectivity index (χ1) is 27.6. The van der Waals surface area contributed by atoms with E-state index >= 15 is 0 Å². The van der Waals surface area contributed by atoms with E-state index in [0.29, 0.717) is 5.92 Å². The van der Waals surface area contributed by atoms with Crippen molar-refractivity contribution < 1.29 is 0 Å². The first-order valence-corrected chi connectivity index (χ1v) is 19.6. The monoisotopic (exact) mass is 720 g/mol. The molecule has 0 amide bonds. The summed E-state index contributed by atoms with van der Waals surface area (Å²) in [5, 5.41) is 5.06. The van der Waals surface area contributed by atoms with Crippen molar-refractivity contribution in [2.45, 2.75) is 20.3 Å². The second-order valence-corrected chi connectivity index (χ2v) is 14.9. The zero-order valence-electron chi connectivity index (χ0n) is 31.9. The van der Waals surface area contributed by atoms with Gasteiger partial charge in [0.15, 0.2) is 0 Å². The van der Waals surface area contributed by atoms with Gasteiger partial charge in [-0.05, 0) is 134 Å². The van der Waals surface area contributed by atoms with Crippen molar-refractivity contribution in [1.82, 2.24) is 0 Å². The second kappa shape index (κ2) is 15.5. The Hall–Kier alpha value is -6.90. The molecular formula is C54H44N2. The van der Waals surface area contributed by atoms with Crippen molar-refractivity contribution >= 4 is 55.7 Å². The molecule has 2 nitrogen and oxygen atoms in total. The van der Waals surface area contributed by atoms with Gasteiger partial charge in [-0.25, -0.2) is 0 Å². The molecule has 9 rings (SSSR count). The Labute approximate surface area is 330 Å². The third-order valence-electron chi connectivity index (χ3n) is 10.6. The molecule has 0 spiro atoms. The van der Waals surface area contributed by atoms with Gasteiger partial charge in [0.1, 0.15) is 0 Å². The van der Waals surface area contributed by atoms with E-state index in [4.69, 9.17) is 0 Å². The van der Waals surface area contributed by atoms with Gasteiger partial charge in [-0.3, -0.25) is 0 Å². The minimum absolute atomic E-state index is 0.557. The molecule has 2 heteroatoms. The molecule has 0 aromatic heterocycles. The van der Waals surface area contributed by atoms with Crippen LogP contribution in [-0.4, -0.2) is 0 Å². The molecule has 0 saturated heterocycles. The first-order valence-electron chi connectivity index (χ1n) is 19.6. The topological polar surface area (TPSA) is 6.48 Å². The number of rotatable bonds is 10. The van der Waals surface area contributed by atoms with Crippen LogP contribution in [0.1, 0.15) is 19.4 Å². The molecule has 0 atom stereocenters. The number of hydrogen-bond donors (Lipinski definition) is 0. The molecule has 0 aliphatic carbocycles. The quantitative estimate of drug-likeness (QED) is 0.130. The second-order valence-electron chi connectivity index (χ2n) is 14.9. The lowest BCUT2D eigenvalue weighted by Gasteiger charge is -2.26. The largest absolute Gasteiger partial charge is 0.311 e. The standard InChI is InChI=1S/C54H44N2/c1-39(2)37-40-27-36-51-52(38-40)54(42-30-34-48(35-31-42)56(45-21-11-5-12-22-45)46-23-13-6-14-24-46)50-26-16-15-25-49(50)53(51)41-28-32-47(33-29-41)55(43-17-7-3-8-18-43)44-19-9-4-10-20-44/h3-36,38-39H,37H2,1-2H3. The van der Waals surface area contributed by atoms with E-state index in [9.17, 15) is 0 Å². The van der Waals surface area contributed by atoms with Gasteiger partial charge in [0.25, 0.3) is 0 Å². The van der Waals surface area contributed by atoms with E-state index < -0.39 is 0 Å². The molecule has 270 valence electrons. The molecule has 0 radical (unpaired) electrons. The van der Waals surface area contributed by atoms with Crippen molar-refractivity contribution in [2.24, 2.45) is 5.92 Å². The third kappa shape index (κ3) is 6.83. The molecule has 0 unspecified atom stereocenters. The van der Waals surface area contributed by atoms with Crippen LogP contribution in [0.5, 0.6) is 0 Å². The molecule has 9 aromatic rings. The number of hydrogen-bond acceptors (Lipinski definition) is 2. The Balaban J connectivity index is 1.20. The maximum atomic E-state index is 2.45. The predicted octanol–water partition coefficient (Wildman–Crippen LogP) is 15.5. The van der Waals surface area contributed by atoms with Crippen LogP contribution in [0, 0.1) is 5.92 Å². The number of benzene rings is 9. The Morgan fingerprint density at radius 3 is 1.02 bits per heavy atom. The number of fused-ring (bicyclic) bond motifs is 2. The normalized spacial score (nSPS) is 11.3. The van der Waals surface area contributed by atoms with Crippen LogP contribution in [0.3, 0.4) is 0 Å². The van der Waals surface area contributed by atoms with Crippen LogP contribution in [0.15, 0.2) is 212 Å². The molecular weight excluding hydrogens is 677 g/mol. The van der Waals surface area contributed by atoms with Crippen molar-refractivity contribution in [3.8, 4) is 22.3 Å². The highest BCUT2D eigenvalue weighted by molar-refractivity contribution is 6.21. The van der Waals surface area contributed by atoms with Gasteiger partial charge in [0.05, 0.1) is 0 Å². The average Bonchev–Trinajstić information content (AvgIpc) is 3.25. The lowest BCUT2D eigenvalue weighted by molar-refractivity contribution is 0.648. The smallest absolute Gasteiger partial charge is 0.0462 e. The van der Waals surface area contributed by atoms with E-state index in [-0.39, 0.29) is 0 Å². The van der Waals surface area contributed by atoms with Crippen LogP contribution < -0.4 is 9.80 Å². The molecule has 9 aromatic carbocycles. The first kappa shape index (κ1) is 34.8. The maximum absolute atomic E-state index is 2.45. The molecule has 0 N–H and O–H groups in total. The maximum Gasteiger partial charge on any atom is 0.0462 e. The Morgan fingerprint density at radius 1 is 0.321 bits per heavy atom. The molecule has 0 aliphatic rings. The Morgan fingerprint density at radius 2 is 0.643 bits per heavy atom. The van der Waals surface area contributed by atoms with Gasteiger partial charge < -0.3 is 9.80 Å². The zero-order chi connectivity index (χ0) is 37.8. The Kier molecular flexibility index (Phi) is 9.61. The predicted molar refractivity (Wildman–Crippen MR) is 240 cm³/mol. The van der Waals surface area contributed by atoms with Crippen molar-refractivity contribution in [3.63, 3.8) is 0 Å². The fraction of sp³-hybridized carbons (Fsp3) is 0.0741.